The van der Waals surface area contributed by atoms with Gasteiger partial charge in [0.25, 0.3) is 11.8 Å². The molecule has 0 spiro atoms. The lowest BCUT2D eigenvalue weighted by molar-refractivity contribution is -0.121. The van der Waals surface area contributed by atoms with Crippen LogP contribution in [-0.2, 0) is 9.59 Å². The minimum Gasteiger partial charge on any atom is -0.342 e. The number of amides is 2. The molecule has 2 N–H and O–H groups in total. The van der Waals surface area contributed by atoms with E-state index in [1.807, 2.05) is 36.0 Å². The zero-order valence-corrected chi connectivity index (χ0v) is 31.9. The maximum atomic E-state index is 12.8. The summed E-state index contributed by atoms with van der Waals surface area (Å²) in [6.45, 7) is 0. The molecule has 266 valence electrons. The van der Waals surface area contributed by atoms with Crippen molar-refractivity contribution in [2.45, 2.75) is 89.1 Å². The molecule has 0 fully saturated rings. The Labute approximate surface area is 305 Å². The van der Waals surface area contributed by atoms with Crippen molar-refractivity contribution < 1.29 is 19.2 Å². The van der Waals surface area contributed by atoms with E-state index in [1.54, 1.807) is 60.2 Å². The largest absolute Gasteiger partial charge is 0.342 e. The van der Waals surface area contributed by atoms with Crippen LogP contribution in [-0.4, -0.2) is 92.5 Å². The molecule has 2 heterocycles. The van der Waals surface area contributed by atoms with E-state index in [2.05, 4.69) is 20.6 Å². The summed E-state index contributed by atoms with van der Waals surface area (Å²) in [5, 5.41) is 5.83. The molecule has 0 saturated heterocycles. The Bertz CT molecular complexity index is 1090. The van der Waals surface area contributed by atoms with Gasteiger partial charge in [0, 0.05) is 49.1 Å². The van der Waals surface area contributed by atoms with E-state index in [0.29, 0.717) is 36.8 Å². The van der Waals surface area contributed by atoms with Crippen LogP contribution in [0.25, 0.3) is 0 Å². The van der Waals surface area contributed by atoms with Crippen molar-refractivity contribution in [3.05, 3.63) is 60.2 Å². The fraction of sp³-hybridized carbons (Fsp3) is 0.611. The lowest BCUT2D eigenvalue weighted by atomic mass is 10.1. The van der Waals surface area contributed by atoms with Gasteiger partial charge in [-0.1, -0.05) is 38.5 Å². The molecule has 2 amide bonds. The quantitative estimate of drug-likeness (QED) is 0.0820. The number of rotatable bonds is 29. The first-order chi connectivity index (χ1) is 23.5. The van der Waals surface area contributed by atoms with Gasteiger partial charge < -0.3 is 10.6 Å². The fourth-order valence-corrected chi connectivity index (χ4v) is 7.80. The summed E-state index contributed by atoms with van der Waals surface area (Å²) in [4.78, 5) is 58.7. The van der Waals surface area contributed by atoms with Crippen molar-refractivity contribution in [1.82, 2.24) is 20.6 Å². The normalized spacial score (nSPS) is 12.3. The average molecular weight is 735 g/mol. The Balaban J connectivity index is 1.44. The summed E-state index contributed by atoms with van der Waals surface area (Å²) in [6.07, 6.45) is 22.4. The summed E-state index contributed by atoms with van der Waals surface area (Å²) >= 11 is 7.03. The third-order valence-corrected chi connectivity index (χ3v) is 11.2. The smallest absolute Gasteiger partial charge is 0.253 e. The van der Waals surface area contributed by atoms with Gasteiger partial charge in [-0.2, -0.15) is 47.0 Å². The van der Waals surface area contributed by atoms with Crippen LogP contribution in [0.15, 0.2) is 49.1 Å². The highest BCUT2D eigenvalue weighted by Gasteiger charge is 2.22. The lowest BCUT2D eigenvalue weighted by Gasteiger charge is -2.17. The van der Waals surface area contributed by atoms with E-state index in [0.717, 1.165) is 34.5 Å². The van der Waals surface area contributed by atoms with E-state index in [4.69, 9.17) is 0 Å². The Hall–Kier alpha value is -2.02. The number of carbonyl (C=O) groups is 4. The third-order valence-electron chi connectivity index (χ3n) is 7.77. The number of ketones is 2. The Kier molecular flexibility index (Phi) is 24.4. The highest BCUT2D eigenvalue weighted by molar-refractivity contribution is 7.99. The molecule has 0 aliphatic carbocycles. The highest BCUT2D eigenvalue weighted by Crippen LogP contribution is 2.16. The average Bonchev–Trinajstić information content (AvgIpc) is 3.11. The standard InChI is InChI=1S/C36H54N4O4S4/c1-45-23-15-31(39-35(43)29-13-11-19-37-27-29)33(41)17-25-47-21-9-7-5-3-4-6-8-10-22-48-26-18-34(42)32(16-24-46-2)40-36(44)30-14-12-20-38-28-30/h11-14,19-20,27-28,31-32H,3-10,15-18,21-26H2,1-2H3,(H,39,43)(H,40,44). The molecule has 48 heavy (non-hydrogen) atoms. The maximum Gasteiger partial charge on any atom is 0.253 e. The van der Waals surface area contributed by atoms with E-state index in [9.17, 15) is 19.2 Å². The van der Waals surface area contributed by atoms with Gasteiger partial charge in [0.05, 0.1) is 23.2 Å². The molecule has 0 radical (unpaired) electrons. The van der Waals surface area contributed by atoms with E-state index < -0.39 is 12.1 Å². The number of hydrogen-bond donors (Lipinski definition) is 2. The van der Waals surface area contributed by atoms with Gasteiger partial charge in [-0.3, -0.25) is 29.1 Å². The molecule has 8 nitrogen and oxygen atoms in total. The number of unbranched alkanes of at least 4 members (excludes halogenated alkanes) is 7. The van der Waals surface area contributed by atoms with Gasteiger partial charge in [-0.15, -0.1) is 0 Å². The number of aromatic nitrogens is 2. The van der Waals surface area contributed by atoms with Crippen LogP contribution in [0.1, 0.15) is 97.8 Å². The minimum atomic E-state index is -0.444. The number of carbonyl (C=O) groups excluding carboxylic acids is 4. The molecule has 2 aromatic heterocycles. The van der Waals surface area contributed by atoms with E-state index in [1.165, 1.54) is 63.8 Å². The van der Waals surface area contributed by atoms with E-state index in [-0.39, 0.29) is 23.4 Å². The molecule has 0 aromatic carbocycles. The number of thioether (sulfide) groups is 4. The number of Topliss-reactive ketones (excluding diaryl/α,β-unsaturated/α-hetero) is 2. The Morgan fingerprint density at radius 3 is 1.33 bits per heavy atom. The molecule has 2 rings (SSSR count). The summed E-state index contributed by atoms with van der Waals surface area (Å²) in [5.41, 5.74) is 0.956. The number of nitrogens with zero attached hydrogens (tertiary/aromatic N) is 2. The monoisotopic (exact) mass is 734 g/mol. The molecule has 0 aliphatic heterocycles. The van der Waals surface area contributed by atoms with Crippen LogP contribution in [0.4, 0.5) is 0 Å². The first-order valence-corrected chi connectivity index (χ1v) is 22.2. The maximum absolute atomic E-state index is 12.8. The zero-order chi connectivity index (χ0) is 34.7. The molecule has 2 aromatic rings. The van der Waals surface area contributed by atoms with Crippen molar-refractivity contribution in [3.63, 3.8) is 0 Å². The number of nitrogens with one attached hydrogen (secondary N) is 2. The van der Waals surface area contributed by atoms with Gasteiger partial charge in [0.2, 0.25) is 0 Å². The van der Waals surface area contributed by atoms with Crippen LogP contribution >= 0.6 is 47.0 Å². The molecule has 12 heteroatoms. The predicted octanol–water partition coefficient (Wildman–Crippen LogP) is 7.39. The van der Waals surface area contributed by atoms with Crippen LogP contribution in [0.3, 0.4) is 0 Å². The highest BCUT2D eigenvalue weighted by atomic mass is 32.2. The molecular formula is C36H54N4O4S4. The SMILES string of the molecule is CSCCC(NC(=O)c1cccnc1)C(=O)CCSCCCCCCCCCCSCCC(=O)C(CCSC)NC(=O)c1cccnc1. The topological polar surface area (TPSA) is 118 Å². The second kappa shape index (κ2) is 27.8. The summed E-state index contributed by atoms with van der Waals surface area (Å²) < 4.78 is 0. The molecule has 0 bridgehead atoms. The van der Waals surface area contributed by atoms with Crippen LogP contribution in [0.2, 0.25) is 0 Å². The van der Waals surface area contributed by atoms with Gasteiger partial charge in [0.15, 0.2) is 11.6 Å². The first kappa shape index (κ1) is 42.1. The van der Waals surface area contributed by atoms with Crippen molar-refractivity contribution in [1.29, 1.82) is 0 Å². The van der Waals surface area contributed by atoms with E-state index >= 15 is 0 Å². The molecular weight excluding hydrogens is 681 g/mol. The predicted molar refractivity (Wildman–Crippen MR) is 208 cm³/mol. The van der Waals surface area contributed by atoms with Gasteiger partial charge in [-0.05, 0) is 85.5 Å². The van der Waals surface area contributed by atoms with Crippen LogP contribution in [0.5, 0.6) is 0 Å². The second-order valence-electron chi connectivity index (χ2n) is 11.6. The summed E-state index contributed by atoms with van der Waals surface area (Å²) in [6, 6.07) is 5.98. The first-order valence-electron chi connectivity index (χ1n) is 17.1. The third kappa shape index (κ3) is 19.2. The van der Waals surface area contributed by atoms with Gasteiger partial charge in [-0.25, -0.2) is 0 Å². The molecule has 2 atom stereocenters. The lowest BCUT2D eigenvalue weighted by Crippen LogP contribution is -2.41. The molecule has 0 saturated carbocycles. The Morgan fingerprint density at radius 1 is 0.583 bits per heavy atom. The Morgan fingerprint density at radius 2 is 0.979 bits per heavy atom. The molecule has 0 aliphatic rings. The van der Waals surface area contributed by atoms with Crippen molar-refractivity contribution in [3.8, 4) is 0 Å². The number of pyridine rings is 2. The van der Waals surface area contributed by atoms with Crippen molar-refractivity contribution in [2.75, 3.05) is 47.0 Å². The molecule has 2 unspecified atom stereocenters. The van der Waals surface area contributed by atoms with Crippen LogP contribution < -0.4 is 10.6 Å². The minimum absolute atomic E-state index is 0.110. The summed E-state index contributed by atoms with van der Waals surface area (Å²) in [7, 11) is 0. The number of hydrogen-bond acceptors (Lipinski definition) is 10. The van der Waals surface area contributed by atoms with Crippen LogP contribution in [0, 0.1) is 0 Å². The fourth-order valence-electron chi connectivity index (χ4n) is 4.94. The zero-order valence-electron chi connectivity index (χ0n) is 28.7. The second-order valence-corrected chi connectivity index (χ2v) is 16.0. The van der Waals surface area contributed by atoms with Gasteiger partial charge >= 0.3 is 0 Å². The van der Waals surface area contributed by atoms with Gasteiger partial charge in [0.1, 0.15) is 0 Å². The van der Waals surface area contributed by atoms with Crippen molar-refractivity contribution >= 4 is 70.4 Å². The van der Waals surface area contributed by atoms with Crippen molar-refractivity contribution in [2.24, 2.45) is 0 Å². The summed E-state index contributed by atoms with van der Waals surface area (Å²) in [5.74, 6) is 5.13.